The highest BCUT2D eigenvalue weighted by atomic mass is 32.1. The van der Waals surface area contributed by atoms with E-state index in [0.29, 0.717) is 6.54 Å². The molecule has 0 atom stereocenters. The minimum Gasteiger partial charge on any atom is -0.332 e. The summed E-state index contributed by atoms with van der Waals surface area (Å²) >= 11 is 1.61. The lowest BCUT2D eigenvalue weighted by Crippen LogP contribution is -2.47. The summed E-state index contributed by atoms with van der Waals surface area (Å²) in [5, 5.41) is 6.03. The summed E-state index contributed by atoms with van der Waals surface area (Å²) in [5.41, 5.74) is 3.81. The average molecular weight is 339 g/mol. The van der Waals surface area contributed by atoms with Crippen molar-refractivity contribution in [2.24, 2.45) is 0 Å². The Kier molecular flexibility index (Phi) is 3.88. The van der Waals surface area contributed by atoms with Gasteiger partial charge in [-0.2, -0.15) is 0 Å². The van der Waals surface area contributed by atoms with Gasteiger partial charge in [-0.15, -0.1) is 11.3 Å². The third-order valence-electron chi connectivity index (χ3n) is 5.11. The van der Waals surface area contributed by atoms with Crippen LogP contribution in [0.2, 0.25) is 0 Å². The van der Waals surface area contributed by atoms with Gasteiger partial charge in [-0.1, -0.05) is 36.4 Å². The molecule has 4 nitrogen and oxygen atoms in total. The third-order valence-corrected chi connectivity index (χ3v) is 5.93. The summed E-state index contributed by atoms with van der Waals surface area (Å²) in [4.78, 5) is 18.7. The number of benzene rings is 1. The number of amides is 2. The Morgan fingerprint density at radius 3 is 2.88 bits per heavy atom. The summed E-state index contributed by atoms with van der Waals surface area (Å²) < 4.78 is 0. The van der Waals surface area contributed by atoms with E-state index in [1.807, 2.05) is 17.2 Å². The predicted molar refractivity (Wildman–Crippen MR) is 97.0 cm³/mol. The summed E-state index contributed by atoms with van der Waals surface area (Å²) in [6, 6.07) is 8.63. The summed E-state index contributed by atoms with van der Waals surface area (Å²) in [6.45, 7) is 4.07. The number of urea groups is 1. The molecule has 5 heteroatoms. The standard InChI is InChI=1S/C19H21N3OS/c1-14-21-16(13-24-14)12-20-18(23)22-10-8-19(9-11-22)7-6-15-4-2-3-5-17(15)19/h2-7,13H,8-12H2,1H3,(H,20,23). The number of nitrogens with zero attached hydrogens (tertiary/aromatic N) is 2. The van der Waals surface area contributed by atoms with Crippen LogP contribution in [-0.2, 0) is 12.0 Å². The lowest BCUT2D eigenvalue weighted by molar-refractivity contribution is 0.170. The summed E-state index contributed by atoms with van der Waals surface area (Å²) in [5.74, 6) is 0. The first-order chi connectivity index (χ1) is 11.7. The Labute approximate surface area is 146 Å². The van der Waals surface area contributed by atoms with Crippen molar-refractivity contribution in [3.63, 3.8) is 0 Å². The Bertz CT molecular complexity index is 787. The van der Waals surface area contributed by atoms with Crippen molar-refractivity contribution >= 4 is 23.4 Å². The first-order valence-corrected chi connectivity index (χ1v) is 9.27. The number of piperidine rings is 1. The third kappa shape index (κ3) is 2.73. The number of rotatable bonds is 2. The second-order valence-corrected chi connectivity index (χ2v) is 7.64. The number of thiazole rings is 1. The van der Waals surface area contributed by atoms with Crippen LogP contribution in [-0.4, -0.2) is 29.0 Å². The normalized spacial score (nSPS) is 18.0. The van der Waals surface area contributed by atoms with Crippen LogP contribution in [0, 0.1) is 6.92 Å². The van der Waals surface area contributed by atoms with Crippen LogP contribution in [0.5, 0.6) is 0 Å². The molecule has 4 rings (SSSR count). The van der Waals surface area contributed by atoms with Gasteiger partial charge in [0.05, 0.1) is 17.2 Å². The van der Waals surface area contributed by atoms with Gasteiger partial charge in [-0.25, -0.2) is 9.78 Å². The molecule has 1 aliphatic carbocycles. The molecule has 2 aliphatic rings. The van der Waals surface area contributed by atoms with Crippen LogP contribution in [0.25, 0.3) is 6.08 Å². The smallest absolute Gasteiger partial charge is 0.317 e. The van der Waals surface area contributed by atoms with E-state index in [2.05, 4.69) is 46.7 Å². The number of aryl methyl sites for hydroxylation is 1. The van der Waals surface area contributed by atoms with Crippen LogP contribution in [0.3, 0.4) is 0 Å². The maximum Gasteiger partial charge on any atom is 0.317 e. The minimum atomic E-state index is 0.0192. The number of hydrogen-bond acceptors (Lipinski definition) is 3. The molecule has 1 aromatic heterocycles. The van der Waals surface area contributed by atoms with Gasteiger partial charge in [0.2, 0.25) is 0 Å². The van der Waals surface area contributed by atoms with Crippen molar-refractivity contribution in [3.05, 3.63) is 57.6 Å². The minimum absolute atomic E-state index is 0.0192. The predicted octanol–water partition coefficient (Wildman–Crippen LogP) is 3.72. The highest BCUT2D eigenvalue weighted by molar-refractivity contribution is 7.09. The Hall–Kier alpha value is -2.14. The SMILES string of the molecule is Cc1nc(CNC(=O)N2CCC3(C=Cc4ccccc43)CC2)cs1. The van der Waals surface area contributed by atoms with Gasteiger partial charge < -0.3 is 10.2 Å². The van der Waals surface area contributed by atoms with Gasteiger partial charge in [0, 0.05) is 23.9 Å². The van der Waals surface area contributed by atoms with Crippen LogP contribution >= 0.6 is 11.3 Å². The Balaban J connectivity index is 1.36. The number of hydrogen-bond donors (Lipinski definition) is 1. The molecule has 1 aliphatic heterocycles. The first kappa shape index (κ1) is 15.4. The molecule has 0 saturated carbocycles. The maximum atomic E-state index is 12.4. The average Bonchev–Trinajstić information content (AvgIpc) is 3.18. The molecule has 2 amide bonds. The van der Waals surface area contributed by atoms with Gasteiger partial charge in [-0.05, 0) is 30.9 Å². The fraction of sp³-hybridized carbons (Fsp3) is 0.368. The summed E-state index contributed by atoms with van der Waals surface area (Å²) in [7, 11) is 0. The van der Waals surface area contributed by atoms with Gasteiger partial charge in [-0.3, -0.25) is 0 Å². The zero-order valence-electron chi connectivity index (χ0n) is 13.8. The fourth-order valence-corrected chi connectivity index (χ4v) is 4.36. The second-order valence-electron chi connectivity index (χ2n) is 6.58. The maximum absolute atomic E-state index is 12.4. The van der Waals surface area contributed by atoms with E-state index in [1.165, 1.54) is 11.1 Å². The summed E-state index contributed by atoms with van der Waals surface area (Å²) in [6.07, 6.45) is 6.55. The van der Waals surface area contributed by atoms with Crippen molar-refractivity contribution in [2.75, 3.05) is 13.1 Å². The van der Waals surface area contributed by atoms with Crippen LogP contribution in [0.1, 0.15) is 34.7 Å². The van der Waals surface area contributed by atoms with Crippen molar-refractivity contribution in [1.29, 1.82) is 0 Å². The Morgan fingerprint density at radius 2 is 2.12 bits per heavy atom. The number of carbonyl (C=O) groups excluding carboxylic acids is 1. The molecule has 0 unspecified atom stereocenters. The number of fused-ring (bicyclic) bond motifs is 2. The number of allylic oxidation sites excluding steroid dienone is 1. The van der Waals surface area contributed by atoms with E-state index in [1.54, 1.807) is 11.3 Å². The van der Waals surface area contributed by atoms with E-state index >= 15 is 0 Å². The van der Waals surface area contributed by atoms with Crippen molar-refractivity contribution in [2.45, 2.75) is 31.7 Å². The number of likely N-dealkylation sites (tertiary alicyclic amines) is 1. The molecule has 0 bridgehead atoms. The van der Waals surface area contributed by atoms with Gasteiger partial charge in [0.25, 0.3) is 0 Å². The molecule has 24 heavy (non-hydrogen) atoms. The quantitative estimate of drug-likeness (QED) is 0.906. The zero-order chi connectivity index (χ0) is 16.6. The molecular formula is C19H21N3OS. The topological polar surface area (TPSA) is 45.2 Å². The molecule has 1 fully saturated rings. The molecule has 1 aromatic carbocycles. The highest BCUT2D eigenvalue weighted by Crippen LogP contribution is 2.43. The zero-order valence-corrected chi connectivity index (χ0v) is 14.6. The number of nitrogens with one attached hydrogen (secondary N) is 1. The van der Waals surface area contributed by atoms with Crippen LogP contribution in [0.4, 0.5) is 4.79 Å². The van der Waals surface area contributed by atoms with Gasteiger partial charge in [0.15, 0.2) is 0 Å². The second kappa shape index (κ2) is 6.06. The number of carbonyl (C=O) groups is 1. The van der Waals surface area contributed by atoms with Crippen LogP contribution in [0.15, 0.2) is 35.7 Å². The highest BCUT2D eigenvalue weighted by Gasteiger charge is 2.38. The molecule has 2 aromatic rings. The lowest BCUT2D eigenvalue weighted by atomic mass is 9.74. The monoisotopic (exact) mass is 339 g/mol. The van der Waals surface area contributed by atoms with E-state index in [4.69, 9.17) is 0 Å². The van der Waals surface area contributed by atoms with Crippen LogP contribution < -0.4 is 5.32 Å². The van der Waals surface area contributed by atoms with Crippen molar-refractivity contribution < 1.29 is 4.79 Å². The molecular weight excluding hydrogens is 318 g/mol. The van der Waals surface area contributed by atoms with Crippen molar-refractivity contribution in [1.82, 2.24) is 15.2 Å². The Morgan fingerprint density at radius 1 is 1.33 bits per heavy atom. The first-order valence-electron chi connectivity index (χ1n) is 8.39. The van der Waals surface area contributed by atoms with E-state index in [9.17, 15) is 4.79 Å². The van der Waals surface area contributed by atoms with E-state index in [-0.39, 0.29) is 11.4 Å². The molecule has 1 spiro atoms. The fourth-order valence-electron chi connectivity index (χ4n) is 3.75. The molecule has 2 heterocycles. The molecule has 0 radical (unpaired) electrons. The van der Waals surface area contributed by atoms with Gasteiger partial charge in [0.1, 0.15) is 0 Å². The number of aromatic nitrogens is 1. The van der Waals surface area contributed by atoms with Crippen molar-refractivity contribution in [3.8, 4) is 0 Å². The van der Waals surface area contributed by atoms with E-state index < -0.39 is 0 Å². The lowest BCUT2D eigenvalue weighted by Gasteiger charge is -2.39. The molecule has 1 saturated heterocycles. The van der Waals surface area contributed by atoms with Gasteiger partial charge >= 0.3 is 6.03 Å². The largest absolute Gasteiger partial charge is 0.332 e. The molecule has 124 valence electrons. The van der Waals surface area contributed by atoms with E-state index in [0.717, 1.165) is 36.6 Å². The molecule has 1 N–H and O–H groups in total.